The monoisotopic (exact) mass is 868 g/mol. The molecule has 1 fully saturated rings. The first kappa shape index (κ1) is 40.9. The molecule has 2 N–H and O–H groups in total. The van der Waals surface area contributed by atoms with Crippen LogP contribution in [0.3, 0.4) is 0 Å². The first-order valence-electron chi connectivity index (χ1n) is 20.3. The van der Waals surface area contributed by atoms with Gasteiger partial charge in [-0.15, -0.1) is 0 Å². The lowest BCUT2D eigenvalue weighted by molar-refractivity contribution is 0.122. The molecule has 0 bridgehead atoms. The normalized spacial score (nSPS) is 14.3. The van der Waals surface area contributed by atoms with Crippen LogP contribution in [0, 0.1) is 6.57 Å². The summed E-state index contributed by atoms with van der Waals surface area (Å²) in [5.74, 6) is 1.17. The maximum atomic E-state index is 7.29. The van der Waals surface area contributed by atoms with Gasteiger partial charge < -0.3 is 20.3 Å². The van der Waals surface area contributed by atoms with E-state index in [-0.39, 0.29) is 6.04 Å². The van der Waals surface area contributed by atoms with Gasteiger partial charge in [-0.25, -0.2) is 24.8 Å². The molecule has 0 radical (unpaired) electrons. The smallest absolute Gasteiger partial charge is 0.190 e. The van der Waals surface area contributed by atoms with Crippen molar-refractivity contribution in [3.05, 3.63) is 202 Å². The molecule has 0 amide bonds. The number of nitrogens with zero attached hydrogens (tertiary/aromatic N) is 8. The van der Waals surface area contributed by atoms with Gasteiger partial charge in [0.15, 0.2) is 17.3 Å². The minimum Gasteiger partial charge on any atom is -0.382 e. The van der Waals surface area contributed by atoms with Gasteiger partial charge in [-0.2, -0.15) is 0 Å². The number of para-hydroxylation sites is 1. The molecule has 2 aliphatic carbocycles. The van der Waals surface area contributed by atoms with Crippen LogP contribution in [-0.2, 0) is 24.0 Å². The van der Waals surface area contributed by atoms with E-state index in [1.165, 1.54) is 5.56 Å². The van der Waals surface area contributed by atoms with Gasteiger partial charge in [0, 0.05) is 96.2 Å². The number of benzene rings is 2. The molecular weight excluding hydrogens is 825 g/mol. The molecule has 6 aromatic rings. The molecule has 0 unspecified atom stereocenters. The second-order valence-electron chi connectivity index (χ2n) is 14.8. The third kappa shape index (κ3) is 9.65. The highest BCUT2D eigenvalue weighted by molar-refractivity contribution is 9.10. The topological polar surface area (TPSA) is 118 Å². The number of allylic oxidation sites excluding steroid dienone is 2. The number of fused-ring (bicyclic) bond motifs is 2. The number of nitrogens with one attached hydrogen (secondary N) is 2. The van der Waals surface area contributed by atoms with Crippen molar-refractivity contribution in [3.8, 4) is 0 Å². The molecule has 11 nitrogen and oxygen atoms in total. The van der Waals surface area contributed by atoms with E-state index in [9.17, 15) is 0 Å². The van der Waals surface area contributed by atoms with Crippen LogP contribution in [0.2, 0.25) is 0 Å². The van der Waals surface area contributed by atoms with E-state index in [1.54, 1.807) is 0 Å². The second kappa shape index (κ2) is 19.1. The van der Waals surface area contributed by atoms with Crippen molar-refractivity contribution in [1.29, 1.82) is 0 Å². The van der Waals surface area contributed by atoms with Gasteiger partial charge in [-0.1, -0.05) is 79.9 Å². The van der Waals surface area contributed by atoms with Crippen molar-refractivity contribution in [2.45, 2.75) is 32.2 Å². The Hall–Kier alpha value is -6.81. The molecule has 1 atom stereocenters. The maximum Gasteiger partial charge on any atom is 0.190 e. The summed E-state index contributed by atoms with van der Waals surface area (Å²) in [6, 6.07) is 22.4. The summed E-state index contributed by atoms with van der Waals surface area (Å²) in [7, 11) is 0. The fourth-order valence-electron chi connectivity index (χ4n) is 7.56. The lowest BCUT2D eigenvalue weighted by Gasteiger charge is -2.29. The van der Waals surface area contributed by atoms with Crippen LogP contribution in [0.5, 0.6) is 0 Å². The van der Waals surface area contributed by atoms with Gasteiger partial charge in [0.05, 0.1) is 54.5 Å². The molecule has 2 aromatic carbocycles. The summed E-state index contributed by atoms with van der Waals surface area (Å²) in [4.78, 5) is 33.2. The Morgan fingerprint density at radius 2 is 1.36 bits per heavy atom. The van der Waals surface area contributed by atoms with Crippen molar-refractivity contribution in [3.63, 3.8) is 0 Å². The van der Waals surface area contributed by atoms with Gasteiger partial charge in [0.2, 0.25) is 0 Å². The summed E-state index contributed by atoms with van der Waals surface area (Å²) >= 11 is 3.50. The molecule has 304 valence electrons. The fraction of sp³-hybridized carbons (Fsp3) is 0.204. The van der Waals surface area contributed by atoms with Crippen molar-refractivity contribution in [2.24, 2.45) is 0 Å². The zero-order valence-electron chi connectivity index (χ0n) is 34.0. The number of aromatic nitrogens is 6. The molecule has 4 aromatic heterocycles. The number of ether oxygens (including phenoxy) is 1. The van der Waals surface area contributed by atoms with Crippen molar-refractivity contribution in [2.75, 3.05) is 37.7 Å². The average Bonchev–Trinajstić information content (AvgIpc) is 3.94. The van der Waals surface area contributed by atoms with E-state index in [0.717, 1.165) is 106 Å². The number of hydrogen-bond donors (Lipinski definition) is 2. The van der Waals surface area contributed by atoms with Gasteiger partial charge in [0.1, 0.15) is 0 Å². The predicted octanol–water partition coefficient (Wildman–Crippen LogP) is 8.99. The summed E-state index contributed by atoms with van der Waals surface area (Å²) in [5, 5.41) is 6.66. The van der Waals surface area contributed by atoms with Crippen LogP contribution in [0.4, 0.5) is 11.4 Å². The zero-order valence-corrected chi connectivity index (χ0v) is 35.6. The Bertz CT molecular complexity index is 2650. The number of hydrogen-bond acceptors (Lipinski definition) is 10. The molecule has 9 rings (SSSR count). The lowest BCUT2D eigenvalue weighted by Crippen LogP contribution is -2.36. The third-order valence-corrected chi connectivity index (χ3v) is 11.3. The highest BCUT2D eigenvalue weighted by Crippen LogP contribution is 2.35. The summed E-state index contributed by atoms with van der Waals surface area (Å²) in [5.41, 5.74) is 14.1. The van der Waals surface area contributed by atoms with Gasteiger partial charge >= 0.3 is 0 Å². The quantitative estimate of drug-likeness (QED) is 0.116. The van der Waals surface area contributed by atoms with Crippen molar-refractivity contribution in [1.82, 2.24) is 40.5 Å². The molecule has 1 aliphatic heterocycles. The molecule has 3 aliphatic rings. The van der Waals surface area contributed by atoms with Gasteiger partial charge in [-0.3, -0.25) is 9.97 Å². The van der Waals surface area contributed by atoms with Crippen LogP contribution in [0.25, 0.3) is 27.4 Å². The molecule has 0 saturated carbocycles. The Kier molecular flexibility index (Phi) is 12.8. The first-order chi connectivity index (χ1) is 29.8. The Balaban J connectivity index is 0.000000173. The first-order valence-corrected chi connectivity index (χ1v) is 21.0. The predicted molar refractivity (Wildman–Crippen MR) is 245 cm³/mol. The summed E-state index contributed by atoms with van der Waals surface area (Å²) in [6.07, 6.45) is 18.0. The van der Waals surface area contributed by atoms with Crippen molar-refractivity contribution < 1.29 is 4.74 Å². The third-order valence-electron chi connectivity index (χ3n) is 10.8. The SMILES string of the molecule is C=C(N[C@@H](C)c1ccccc1)c1ncc(C2=CCc3ncc(Br)cc32)cn1.[C-]#[N+]c1ccccc1CCNC(=C)c1ncc(C2=CCc3ncc(N4CCOCC4)cc32)cn1. The Labute approximate surface area is 365 Å². The minimum atomic E-state index is 0.134. The maximum absolute atomic E-state index is 7.29. The summed E-state index contributed by atoms with van der Waals surface area (Å²) < 4.78 is 6.45. The van der Waals surface area contributed by atoms with Crippen molar-refractivity contribution >= 4 is 49.8 Å². The van der Waals surface area contributed by atoms with E-state index >= 15 is 0 Å². The fourth-order valence-corrected chi connectivity index (χ4v) is 7.89. The average molecular weight is 870 g/mol. The van der Waals surface area contributed by atoms with E-state index in [2.05, 4.69) is 118 Å². The molecule has 1 saturated heterocycles. The number of rotatable bonds is 12. The van der Waals surface area contributed by atoms with Gasteiger partial charge in [-0.05, 0) is 63.7 Å². The van der Waals surface area contributed by atoms with Gasteiger partial charge in [0.25, 0.3) is 0 Å². The molecule has 0 spiro atoms. The van der Waals surface area contributed by atoms with E-state index < -0.39 is 0 Å². The lowest BCUT2D eigenvalue weighted by atomic mass is 10.0. The van der Waals surface area contributed by atoms with Crippen LogP contribution >= 0.6 is 15.9 Å². The number of morpholine rings is 1. The zero-order chi connectivity index (χ0) is 42.1. The Morgan fingerprint density at radius 1 is 0.770 bits per heavy atom. The van der Waals surface area contributed by atoms with Crippen LogP contribution in [-0.4, -0.2) is 62.8 Å². The highest BCUT2D eigenvalue weighted by Gasteiger charge is 2.22. The van der Waals surface area contributed by atoms with Crippen LogP contribution in [0.1, 0.15) is 69.4 Å². The largest absolute Gasteiger partial charge is 0.382 e. The van der Waals surface area contributed by atoms with Crippen LogP contribution < -0.4 is 15.5 Å². The highest BCUT2D eigenvalue weighted by atomic mass is 79.9. The summed E-state index contributed by atoms with van der Waals surface area (Å²) in [6.45, 7) is 21.5. The molecular formula is C49H45BrN10O. The Morgan fingerprint density at radius 3 is 2.02 bits per heavy atom. The van der Waals surface area contributed by atoms with E-state index in [4.69, 9.17) is 16.3 Å². The number of pyridine rings is 2. The standard InChI is InChI=1S/C27H26N6O.C22H19BrN4/c1-19(29-10-9-20-5-3-4-6-25(20)28-2)27-31-16-21(17-32-27)23-7-8-26-24(23)15-22(18-30-26)33-11-13-34-14-12-33;1-14(16-6-4-3-5-7-16)27-15(2)22-25-11-17(12-26-22)19-8-9-21-20(19)10-18(23)13-24-21/h3-7,15-18,29H,1,8-14H2;3-8,10-14,27H,2,9H2,1H3/t;14-/m.0/s1. The van der Waals surface area contributed by atoms with E-state index in [1.807, 2.05) is 79.6 Å². The number of anilines is 1. The number of halogens is 1. The molecule has 61 heavy (non-hydrogen) atoms. The second-order valence-corrected chi connectivity index (χ2v) is 15.7. The minimum absolute atomic E-state index is 0.134. The van der Waals surface area contributed by atoms with E-state index in [0.29, 0.717) is 35.3 Å². The van der Waals surface area contributed by atoms with Crippen LogP contribution in [0.15, 0.2) is 134 Å². The molecule has 5 heterocycles. The molecule has 12 heteroatoms.